The molecule has 2 atom stereocenters. The van der Waals surface area contributed by atoms with Crippen molar-refractivity contribution in [2.75, 3.05) is 32.9 Å². The van der Waals surface area contributed by atoms with Crippen LogP contribution in [0.5, 0.6) is 0 Å². The fourth-order valence-corrected chi connectivity index (χ4v) is 4.52. The number of halogens is 1. The summed E-state index contributed by atoms with van der Waals surface area (Å²) in [5.41, 5.74) is 1.79. The molecule has 2 aromatic rings. The Balaban J connectivity index is 1.69. The summed E-state index contributed by atoms with van der Waals surface area (Å²) in [5, 5.41) is 15.3. The molecule has 2 aromatic carbocycles. The molecular weight excluding hydrogens is 357 g/mol. The Morgan fingerprint density at radius 2 is 1.89 bits per heavy atom. The zero-order valence-corrected chi connectivity index (χ0v) is 16.1. The molecule has 28 heavy (non-hydrogen) atoms. The first-order chi connectivity index (χ1) is 13.7. The maximum Gasteiger partial charge on any atom is 0.123 e. The molecular formula is C23H28FNO3. The minimum Gasteiger partial charge on any atom is -0.386 e. The van der Waals surface area contributed by atoms with Gasteiger partial charge in [-0.1, -0.05) is 36.4 Å². The van der Waals surface area contributed by atoms with Crippen LogP contribution in [0.25, 0.3) is 11.1 Å². The van der Waals surface area contributed by atoms with E-state index in [2.05, 4.69) is 5.32 Å². The van der Waals surface area contributed by atoms with E-state index in [-0.39, 0.29) is 17.8 Å². The molecule has 0 bridgehead atoms. The predicted octanol–water partition coefficient (Wildman–Crippen LogP) is 3.18. The van der Waals surface area contributed by atoms with Gasteiger partial charge in [0.2, 0.25) is 0 Å². The molecule has 4 rings (SSSR count). The molecule has 0 spiro atoms. The molecule has 150 valence electrons. The highest BCUT2D eigenvalue weighted by Crippen LogP contribution is 2.37. The van der Waals surface area contributed by atoms with E-state index in [4.69, 9.17) is 9.47 Å². The van der Waals surface area contributed by atoms with Gasteiger partial charge < -0.3 is 19.9 Å². The van der Waals surface area contributed by atoms with Gasteiger partial charge in [-0.3, -0.25) is 0 Å². The number of nitrogens with one attached hydrogen (secondary N) is 1. The van der Waals surface area contributed by atoms with Gasteiger partial charge in [0.25, 0.3) is 0 Å². The first kappa shape index (κ1) is 19.5. The maximum atomic E-state index is 13.8. The predicted molar refractivity (Wildman–Crippen MR) is 107 cm³/mol. The molecule has 0 amide bonds. The van der Waals surface area contributed by atoms with E-state index in [0.29, 0.717) is 32.8 Å². The zero-order valence-electron chi connectivity index (χ0n) is 16.1. The SMILES string of the molecule is OC(Cc1ccccc1-c1cccc(F)c1)(C1CCOCC1)C1CNCCO1. The molecule has 0 aromatic heterocycles. The smallest absolute Gasteiger partial charge is 0.123 e. The van der Waals surface area contributed by atoms with Gasteiger partial charge in [-0.15, -0.1) is 0 Å². The van der Waals surface area contributed by atoms with E-state index in [0.717, 1.165) is 36.1 Å². The summed E-state index contributed by atoms with van der Waals surface area (Å²) in [4.78, 5) is 0. The number of rotatable bonds is 5. The van der Waals surface area contributed by atoms with E-state index < -0.39 is 5.60 Å². The van der Waals surface area contributed by atoms with E-state index in [1.54, 1.807) is 12.1 Å². The monoisotopic (exact) mass is 385 g/mol. The molecule has 2 N–H and O–H groups in total. The van der Waals surface area contributed by atoms with Crippen LogP contribution in [0.3, 0.4) is 0 Å². The Morgan fingerprint density at radius 1 is 1.07 bits per heavy atom. The second kappa shape index (κ2) is 8.70. The third-order valence-electron chi connectivity index (χ3n) is 6.04. The molecule has 0 aliphatic carbocycles. The lowest BCUT2D eigenvalue weighted by molar-refractivity contribution is -0.163. The largest absolute Gasteiger partial charge is 0.386 e. The highest BCUT2D eigenvalue weighted by molar-refractivity contribution is 5.67. The molecule has 4 nitrogen and oxygen atoms in total. The minimum atomic E-state index is -0.999. The van der Waals surface area contributed by atoms with Crippen molar-refractivity contribution in [3.63, 3.8) is 0 Å². The van der Waals surface area contributed by atoms with Crippen molar-refractivity contribution >= 4 is 0 Å². The number of benzene rings is 2. The van der Waals surface area contributed by atoms with Crippen LogP contribution in [0.1, 0.15) is 18.4 Å². The van der Waals surface area contributed by atoms with Crippen molar-refractivity contribution < 1.29 is 19.0 Å². The first-order valence-electron chi connectivity index (χ1n) is 10.1. The second-order valence-corrected chi connectivity index (χ2v) is 7.79. The van der Waals surface area contributed by atoms with Gasteiger partial charge in [-0.2, -0.15) is 0 Å². The van der Waals surface area contributed by atoms with Crippen LogP contribution in [0.4, 0.5) is 4.39 Å². The number of hydrogen-bond donors (Lipinski definition) is 2. The zero-order chi connectivity index (χ0) is 19.4. The van der Waals surface area contributed by atoms with Crippen LogP contribution in [-0.4, -0.2) is 49.7 Å². The molecule has 5 heteroatoms. The van der Waals surface area contributed by atoms with Crippen LogP contribution in [0, 0.1) is 11.7 Å². The van der Waals surface area contributed by atoms with Crippen LogP contribution < -0.4 is 5.32 Å². The highest BCUT2D eigenvalue weighted by Gasteiger charge is 2.46. The molecule has 2 unspecified atom stereocenters. The van der Waals surface area contributed by atoms with Gasteiger partial charge in [0.1, 0.15) is 5.82 Å². The third kappa shape index (κ3) is 4.13. The van der Waals surface area contributed by atoms with Crippen molar-refractivity contribution in [3.8, 4) is 11.1 Å². The highest BCUT2D eigenvalue weighted by atomic mass is 19.1. The normalized spacial score (nSPS) is 23.3. The average Bonchev–Trinajstić information content (AvgIpc) is 2.75. The topological polar surface area (TPSA) is 50.7 Å². The average molecular weight is 385 g/mol. The third-order valence-corrected chi connectivity index (χ3v) is 6.04. The van der Waals surface area contributed by atoms with Gasteiger partial charge in [0, 0.05) is 32.7 Å². The Bertz CT molecular complexity index is 767. The summed E-state index contributed by atoms with van der Waals surface area (Å²) in [5.74, 6) is -0.154. The Labute approximate surface area is 165 Å². The summed E-state index contributed by atoms with van der Waals surface area (Å²) in [7, 11) is 0. The summed E-state index contributed by atoms with van der Waals surface area (Å²) >= 11 is 0. The quantitative estimate of drug-likeness (QED) is 0.830. The van der Waals surface area contributed by atoms with Gasteiger partial charge in [0.05, 0.1) is 18.3 Å². The molecule has 0 radical (unpaired) electrons. The van der Waals surface area contributed by atoms with Crippen LogP contribution in [0.2, 0.25) is 0 Å². The molecule has 0 saturated carbocycles. The Hall–Kier alpha value is -1.79. The van der Waals surface area contributed by atoms with Crippen molar-refractivity contribution in [2.24, 2.45) is 5.92 Å². The summed E-state index contributed by atoms with van der Waals surface area (Å²) in [6, 6.07) is 14.6. The van der Waals surface area contributed by atoms with Crippen LogP contribution in [0.15, 0.2) is 48.5 Å². The van der Waals surface area contributed by atoms with Crippen LogP contribution >= 0.6 is 0 Å². The molecule has 2 aliphatic heterocycles. The van der Waals surface area contributed by atoms with Gasteiger partial charge in [-0.05, 0) is 47.6 Å². The Kier molecular flexibility index (Phi) is 6.07. The first-order valence-corrected chi connectivity index (χ1v) is 10.1. The Morgan fingerprint density at radius 3 is 2.64 bits per heavy atom. The standard InChI is InChI=1S/C23H28FNO3/c24-20-6-3-5-17(14-20)21-7-2-1-4-18(21)15-23(26,19-8-11-27-12-9-19)22-16-25-10-13-28-22/h1-7,14,19,22,25-26H,8-13,15-16H2. The summed E-state index contributed by atoms with van der Waals surface area (Å²) < 4.78 is 25.4. The molecule has 2 fully saturated rings. The van der Waals surface area contributed by atoms with Gasteiger partial charge in [0.15, 0.2) is 0 Å². The lowest BCUT2D eigenvalue weighted by Gasteiger charge is -2.45. The van der Waals surface area contributed by atoms with Crippen molar-refractivity contribution in [2.45, 2.75) is 31.0 Å². The number of ether oxygens (including phenoxy) is 2. The molecule has 2 aliphatic rings. The summed E-state index contributed by atoms with van der Waals surface area (Å²) in [6.45, 7) is 3.37. The van der Waals surface area contributed by atoms with E-state index in [9.17, 15) is 9.50 Å². The van der Waals surface area contributed by atoms with Crippen molar-refractivity contribution in [1.29, 1.82) is 0 Å². The molecule has 2 heterocycles. The van der Waals surface area contributed by atoms with Gasteiger partial charge >= 0.3 is 0 Å². The lowest BCUT2D eigenvalue weighted by Crippen LogP contribution is -2.59. The minimum absolute atomic E-state index is 0.103. The van der Waals surface area contributed by atoms with Gasteiger partial charge in [-0.25, -0.2) is 4.39 Å². The van der Waals surface area contributed by atoms with E-state index in [1.165, 1.54) is 6.07 Å². The fraction of sp³-hybridized carbons (Fsp3) is 0.478. The van der Waals surface area contributed by atoms with Crippen molar-refractivity contribution in [3.05, 3.63) is 59.9 Å². The number of aliphatic hydroxyl groups is 1. The number of morpholine rings is 1. The molecule has 2 saturated heterocycles. The summed E-state index contributed by atoms with van der Waals surface area (Å²) in [6.07, 6.45) is 1.83. The second-order valence-electron chi connectivity index (χ2n) is 7.79. The van der Waals surface area contributed by atoms with E-state index >= 15 is 0 Å². The number of hydrogen-bond acceptors (Lipinski definition) is 4. The van der Waals surface area contributed by atoms with Crippen molar-refractivity contribution in [1.82, 2.24) is 5.32 Å². The maximum absolute atomic E-state index is 13.8. The lowest BCUT2D eigenvalue weighted by atomic mass is 9.73. The van der Waals surface area contributed by atoms with Crippen LogP contribution in [-0.2, 0) is 15.9 Å². The van der Waals surface area contributed by atoms with E-state index in [1.807, 2.05) is 30.3 Å². The fourth-order valence-electron chi connectivity index (χ4n) is 4.52.